The predicted molar refractivity (Wildman–Crippen MR) is 108 cm³/mol. The summed E-state index contributed by atoms with van der Waals surface area (Å²) in [4.78, 5) is 35.9. The first-order valence-electron chi connectivity index (χ1n) is 9.16. The Bertz CT molecular complexity index is 997. The lowest BCUT2D eigenvalue weighted by atomic mass is 9.97. The van der Waals surface area contributed by atoms with Crippen LogP contribution in [0.15, 0.2) is 42.7 Å². The number of carboxylic acids is 1. The molecule has 3 heterocycles. The Kier molecular flexibility index (Phi) is 5.21. The molecule has 1 aromatic carbocycles. The molecule has 0 radical (unpaired) electrons. The molecule has 2 aromatic heterocycles. The van der Waals surface area contributed by atoms with E-state index in [-0.39, 0.29) is 18.4 Å². The van der Waals surface area contributed by atoms with Crippen LogP contribution < -0.4 is 5.32 Å². The summed E-state index contributed by atoms with van der Waals surface area (Å²) in [7, 11) is 0. The molecule has 0 unspecified atom stereocenters. The number of nitrogens with zero attached hydrogens (tertiary/aromatic N) is 3. The Balaban J connectivity index is 1.44. The lowest BCUT2D eigenvalue weighted by Crippen LogP contribution is -2.42. The number of carbonyl (C=O) groups excluding carboxylic acids is 1. The van der Waals surface area contributed by atoms with E-state index in [1.807, 2.05) is 24.3 Å². The molecule has 2 N–H and O–H groups in total. The number of aliphatic carboxylic acids is 1. The third kappa shape index (κ3) is 3.82. The highest BCUT2D eigenvalue weighted by molar-refractivity contribution is 7.21. The molecule has 0 saturated carbocycles. The minimum Gasteiger partial charge on any atom is -0.481 e. The van der Waals surface area contributed by atoms with Gasteiger partial charge in [0.2, 0.25) is 5.91 Å². The number of fused-ring (bicyclic) bond motifs is 1. The minimum absolute atomic E-state index is 0.0471. The van der Waals surface area contributed by atoms with Gasteiger partial charge in [-0.25, -0.2) is 9.97 Å². The lowest BCUT2D eigenvalue weighted by molar-refractivity contribution is -0.145. The number of benzene rings is 1. The second-order valence-electron chi connectivity index (χ2n) is 6.76. The van der Waals surface area contributed by atoms with Crippen LogP contribution >= 0.6 is 11.3 Å². The van der Waals surface area contributed by atoms with E-state index < -0.39 is 5.97 Å². The lowest BCUT2D eigenvalue weighted by Gasteiger charge is -2.30. The Morgan fingerprint density at radius 3 is 2.64 bits per heavy atom. The van der Waals surface area contributed by atoms with Crippen LogP contribution in [0.5, 0.6) is 0 Å². The van der Waals surface area contributed by atoms with Crippen molar-refractivity contribution in [1.29, 1.82) is 0 Å². The molecule has 0 atom stereocenters. The van der Waals surface area contributed by atoms with E-state index in [0.717, 1.165) is 20.7 Å². The summed E-state index contributed by atoms with van der Waals surface area (Å²) in [6.45, 7) is 1.08. The summed E-state index contributed by atoms with van der Waals surface area (Å²) in [5.74, 6) is -0.535. The molecule has 1 saturated heterocycles. The van der Waals surface area contributed by atoms with E-state index in [4.69, 9.17) is 5.11 Å². The van der Waals surface area contributed by atoms with E-state index in [2.05, 4.69) is 27.4 Å². The maximum atomic E-state index is 12.5. The average Bonchev–Trinajstić information content (AvgIpc) is 3.17. The molecule has 1 fully saturated rings. The second-order valence-corrected chi connectivity index (χ2v) is 7.80. The number of rotatable bonds is 5. The van der Waals surface area contributed by atoms with Crippen molar-refractivity contribution in [2.45, 2.75) is 12.8 Å². The van der Waals surface area contributed by atoms with Crippen LogP contribution in [0.4, 0.5) is 5.82 Å². The number of likely N-dealkylation sites (tertiary alicyclic amines) is 1. The van der Waals surface area contributed by atoms with Gasteiger partial charge in [-0.2, -0.15) is 0 Å². The number of hydrogen-bond acceptors (Lipinski definition) is 6. The summed E-state index contributed by atoms with van der Waals surface area (Å²) < 4.78 is 0. The molecule has 0 aliphatic carbocycles. The van der Waals surface area contributed by atoms with Gasteiger partial charge in [-0.3, -0.25) is 9.59 Å². The van der Waals surface area contributed by atoms with Crippen molar-refractivity contribution in [3.63, 3.8) is 0 Å². The van der Waals surface area contributed by atoms with Crippen LogP contribution in [-0.2, 0) is 9.59 Å². The molecule has 144 valence electrons. The molecule has 1 amide bonds. The van der Waals surface area contributed by atoms with Gasteiger partial charge in [-0.05, 0) is 24.5 Å². The van der Waals surface area contributed by atoms with Crippen molar-refractivity contribution >= 4 is 39.2 Å². The maximum absolute atomic E-state index is 12.5. The number of amides is 1. The zero-order valence-corrected chi connectivity index (χ0v) is 16.0. The van der Waals surface area contributed by atoms with Crippen LogP contribution in [0, 0.1) is 5.92 Å². The molecule has 0 bridgehead atoms. The smallest absolute Gasteiger partial charge is 0.306 e. The number of carboxylic acid groups (broad SMARTS) is 1. The predicted octanol–water partition coefficient (Wildman–Crippen LogP) is 3.09. The van der Waals surface area contributed by atoms with Gasteiger partial charge in [-0.15, -0.1) is 11.3 Å². The van der Waals surface area contributed by atoms with E-state index in [9.17, 15) is 9.59 Å². The third-order valence-corrected chi connectivity index (χ3v) is 6.08. The van der Waals surface area contributed by atoms with Crippen LogP contribution in [0.2, 0.25) is 0 Å². The Morgan fingerprint density at radius 1 is 1.18 bits per heavy atom. The molecule has 28 heavy (non-hydrogen) atoms. The molecule has 7 nitrogen and oxygen atoms in total. The third-order valence-electron chi connectivity index (χ3n) is 4.99. The molecule has 1 aliphatic heterocycles. The fourth-order valence-electron chi connectivity index (χ4n) is 3.39. The highest BCUT2D eigenvalue weighted by Gasteiger charge is 2.26. The first-order chi connectivity index (χ1) is 13.6. The quantitative estimate of drug-likeness (QED) is 0.688. The van der Waals surface area contributed by atoms with Gasteiger partial charge in [0.1, 0.15) is 17.0 Å². The number of aromatic nitrogens is 2. The highest BCUT2D eigenvalue weighted by Crippen LogP contribution is 2.34. The molecular formula is C20H20N4O3S. The number of carbonyl (C=O) groups is 2. The molecule has 4 rings (SSSR count). The number of nitrogens with one attached hydrogen (secondary N) is 1. The molecule has 8 heteroatoms. The van der Waals surface area contributed by atoms with Gasteiger partial charge < -0.3 is 15.3 Å². The van der Waals surface area contributed by atoms with Gasteiger partial charge in [0.25, 0.3) is 0 Å². The Labute approximate surface area is 166 Å². The number of anilines is 1. The molecule has 0 spiro atoms. The summed E-state index contributed by atoms with van der Waals surface area (Å²) in [6, 6.07) is 12.1. The van der Waals surface area contributed by atoms with Gasteiger partial charge in [-0.1, -0.05) is 30.3 Å². The topological polar surface area (TPSA) is 95.4 Å². The SMILES string of the molecule is O=C(O)C1CCN(C(=O)CNc2ncnc3sc(-c4ccccc4)cc23)CC1. The summed E-state index contributed by atoms with van der Waals surface area (Å²) in [5.41, 5.74) is 1.12. The molecule has 1 aliphatic rings. The number of thiophene rings is 1. The van der Waals surface area contributed by atoms with Crippen LogP contribution in [-0.4, -0.2) is 51.5 Å². The van der Waals surface area contributed by atoms with Crippen molar-refractivity contribution < 1.29 is 14.7 Å². The molecular weight excluding hydrogens is 376 g/mol. The van der Waals surface area contributed by atoms with Gasteiger partial charge in [0.15, 0.2) is 0 Å². The Hall–Kier alpha value is -3.00. The summed E-state index contributed by atoms with van der Waals surface area (Å²) in [5, 5.41) is 13.1. The fraction of sp³-hybridized carbons (Fsp3) is 0.300. The van der Waals surface area contributed by atoms with Crippen molar-refractivity contribution in [3.8, 4) is 10.4 Å². The van der Waals surface area contributed by atoms with Gasteiger partial charge in [0.05, 0.1) is 17.8 Å². The maximum Gasteiger partial charge on any atom is 0.306 e. The number of piperidine rings is 1. The van der Waals surface area contributed by atoms with E-state index in [0.29, 0.717) is 31.7 Å². The minimum atomic E-state index is -0.778. The first-order valence-corrected chi connectivity index (χ1v) is 9.98. The van der Waals surface area contributed by atoms with Crippen molar-refractivity contribution in [2.24, 2.45) is 5.92 Å². The largest absolute Gasteiger partial charge is 0.481 e. The van der Waals surface area contributed by atoms with Gasteiger partial charge in [0, 0.05) is 18.0 Å². The van der Waals surface area contributed by atoms with Crippen LogP contribution in [0.1, 0.15) is 12.8 Å². The van der Waals surface area contributed by atoms with Crippen molar-refractivity contribution in [2.75, 3.05) is 25.0 Å². The standard InChI is InChI=1S/C20H20N4O3S/c25-17(24-8-6-14(7-9-24)20(26)27)11-21-18-15-10-16(13-4-2-1-3-5-13)28-19(15)23-12-22-18/h1-5,10,12,14H,6-9,11H2,(H,26,27)(H,21,22,23). The monoisotopic (exact) mass is 396 g/mol. The normalized spacial score (nSPS) is 14.9. The first kappa shape index (κ1) is 18.4. The van der Waals surface area contributed by atoms with E-state index in [1.165, 1.54) is 6.33 Å². The number of hydrogen-bond donors (Lipinski definition) is 2. The zero-order chi connectivity index (χ0) is 19.5. The van der Waals surface area contributed by atoms with E-state index in [1.54, 1.807) is 16.2 Å². The van der Waals surface area contributed by atoms with E-state index >= 15 is 0 Å². The van der Waals surface area contributed by atoms with Crippen LogP contribution in [0.25, 0.3) is 20.7 Å². The zero-order valence-electron chi connectivity index (χ0n) is 15.2. The van der Waals surface area contributed by atoms with Crippen molar-refractivity contribution in [1.82, 2.24) is 14.9 Å². The van der Waals surface area contributed by atoms with Gasteiger partial charge >= 0.3 is 5.97 Å². The highest BCUT2D eigenvalue weighted by atomic mass is 32.1. The van der Waals surface area contributed by atoms with Crippen LogP contribution in [0.3, 0.4) is 0 Å². The molecule has 3 aromatic rings. The second kappa shape index (κ2) is 7.93. The Morgan fingerprint density at radius 2 is 1.93 bits per heavy atom. The summed E-state index contributed by atoms with van der Waals surface area (Å²) in [6.07, 6.45) is 2.51. The average molecular weight is 396 g/mol. The van der Waals surface area contributed by atoms with Crippen molar-refractivity contribution in [3.05, 3.63) is 42.7 Å². The summed E-state index contributed by atoms with van der Waals surface area (Å²) >= 11 is 1.59. The fourth-order valence-corrected chi connectivity index (χ4v) is 4.39.